The molecule has 0 fully saturated rings. The Morgan fingerprint density at radius 2 is 2.11 bits per heavy atom. The van der Waals surface area contributed by atoms with Crippen LogP contribution < -0.4 is 5.73 Å². The van der Waals surface area contributed by atoms with Gasteiger partial charge < -0.3 is 5.73 Å². The molecule has 0 aliphatic rings. The molecule has 18 heavy (non-hydrogen) atoms. The van der Waals surface area contributed by atoms with Gasteiger partial charge in [-0.2, -0.15) is 10.5 Å². The van der Waals surface area contributed by atoms with E-state index in [0.717, 1.165) is 16.8 Å². The third-order valence-corrected chi connectivity index (χ3v) is 2.75. The van der Waals surface area contributed by atoms with E-state index in [2.05, 4.69) is 4.98 Å². The number of nitriles is 2. The number of hydrogen-bond acceptors (Lipinski definition) is 4. The topological polar surface area (TPSA) is 91.4 Å². The number of hydrogen-bond donors (Lipinski definition) is 1. The number of nitrogens with zero attached hydrogens (tertiary/aromatic N) is 4. The summed E-state index contributed by atoms with van der Waals surface area (Å²) in [6, 6.07) is 9.69. The maximum Gasteiger partial charge on any atom is 0.177 e. The average molecular weight is 237 g/mol. The number of rotatable bonds is 2. The van der Waals surface area contributed by atoms with Crippen LogP contribution in [0.2, 0.25) is 0 Å². The van der Waals surface area contributed by atoms with Crippen LogP contribution in [-0.2, 0) is 6.54 Å². The molecule has 5 nitrogen and oxygen atoms in total. The van der Waals surface area contributed by atoms with Crippen molar-refractivity contribution in [1.82, 2.24) is 9.55 Å². The van der Waals surface area contributed by atoms with E-state index in [1.807, 2.05) is 37.3 Å². The molecule has 1 aromatic heterocycles. The first kappa shape index (κ1) is 11.8. The summed E-state index contributed by atoms with van der Waals surface area (Å²) in [6.45, 7) is 2.36. The van der Waals surface area contributed by atoms with Crippen LogP contribution in [-0.4, -0.2) is 9.55 Å². The monoisotopic (exact) mass is 237 g/mol. The minimum Gasteiger partial charge on any atom is -0.326 e. The normalized spacial score (nSPS) is 9.78. The molecule has 0 bridgehead atoms. The van der Waals surface area contributed by atoms with Gasteiger partial charge in [0.25, 0.3) is 0 Å². The number of aromatic nitrogens is 2. The van der Waals surface area contributed by atoms with E-state index in [0.29, 0.717) is 6.54 Å². The van der Waals surface area contributed by atoms with Crippen molar-refractivity contribution >= 4 is 0 Å². The maximum absolute atomic E-state index is 9.11. The minimum atomic E-state index is 0.134. The highest BCUT2D eigenvalue weighted by molar-refractivity contribution is 5.49. The van der Waals surface area contributed by atoms with Gasteiger partial charge in [0.15, 0.2) is 11.4 Å². The Hall–Kier alpha value is -2.63. The Bertz CT molecular complexity index is 670. The van der Waals surface area contributed by atoms with Crippen LogP contribution in [0.4, 0.5) is 0 Å². The lowest BCUT2D eigenvalue weighted by Gasteiger charge is -2.09. The molecular weight excluding hydrogens is 226 g/mol. The molecule has 88 valence electrons. The molecule has 0 aliphatic heterocycles. The summed E-state index contributed by atoms with van der Waals surface area (Å²) in [7, 11) is 0. The Balaban J connectivity index is 2.67. The van der Waals surface area contributed by atoms with Crippen molar-refractivity contribution in [2.24, 2.45) is 5.73 Å². The average Bonchev–Trinajstić information content (AvgIpc) is 2.82. The molecule has 0 unspecified atom stereocenters. The van der Waals surface area contributed by atoms with Crippen LogP contribution >= 0.6 is 0 Å². The predicted molar refractivity (Wildman–Crippen MR) is 65.6 cm³/mol. The second kappa shape index (κ2) is 4.70. The van der Waals surface area contributed by atoms with Gasteiger partial charge in [-0.05, 0) is 24.1 Å². The van der Waals surface area contributed by atoms with Crippen molar-refractivity contribution in [3.8, 4) is 17.8 Å². The SMILES string of the molecule is Cc1ccc(CN)cc1-n1cnc(C#N)c1C#N. The largest absolute Gasteiger partial charge is 0.326 e. The molecule has 0 aliphatic carbocycles. The first-order valence-corrected chi connectivity index (χ1v) is 5.38. The lowest BCUT2D eigenvalue weighted by Crippen LogP contribution is -2.03. The Kier molecular flexibility index (Phi) is 3.09. The quantitative estimate of drug-likeness (QED) is 0.854. The number of imidazole rings is 1. The fraction of sp³-hybridized carbons (Fsp3) is 0.154. The molecule has 0 amide bonds. The van der Waals surface area contributed by atoms with Gasteiger partial charge in [0, 0.05) is 6.54 Å². The van der Waals surface area contributed by atoms with E-state index in [4.69, 9.17) is 16.3 Å². The standard InChI is InChI=1S/C13H11N5/c1-9-2-3-10(5-14)4-12(9)18-8-17-11(6-15)13(18)7-16/h2-4,8H,5,14H2,1H3. The van der Waals surface area contributed by atoms with Gasteiger partial charge in [-0.1, -0.05) is 12.1 Å². The molecule has 2 N–H and O–H groups in total. The van der Waals surface area contributed by atoms with Crippen LogP contribution in [0.15, 0.2) is 24.5 Å². The van der Waals surface area contributed by atoms with Gasteiger partial charge >= 0.3 is 0 Å². The Labute approximate surface area is 105 Å². The van der Waals surface area contributed by atoms with Crippen LogP contribution in [0, 0.1) is 29.6 Å². The Morgan fingerprint density at radius 3 is 2.72 bits per heavy atom. The van der Waals surface area contributed by atoms with E-state index in [-0.39, 0.29) is 11.4 Å². The lowest BCUT2D eigenvalue weighted by molar-refractivity contribution is 0.996. The van der Waals surface area contributed by atoms with E-state index < -0.39 is 0 Å². The summed E-state index contributed by atoms with van der Waals surface area (Å²) in [4.78, 5) is 3.93. The maximum atomic E-state index is 9.11. The van der Waals surface area contributed by atoms with Crippen LogP contribution in [0.25, 0.3) is 5.69 Å². The summed E-state index contributed by atoms with van der Waals surface area (Å²) >= 11 is 0. The van der Waals surface area contributed by atoms with E-state index in [1.165, 1.54) is 6.33 Å². The summed E-state index contributed by atoms with van der Waals surface area (Å²) in [6.07, 6.45) is 1.49. The van der Waals surface area contributed by atoms with Crippen molar-refractivity contribution in [1.29, 1.82) is 10.5 Å². The molecule has 0 atom stereocenters. The third kappa shape index (κ3) is 1.84. The highest BCUT2D eigenvalue weighted by atomic mass is 15.1. The molecule has 0 radical (unpaired) electrons. The Morgan fingerprint density at radius 1 is 1.33 bits per heavy atom. The van der Waals surface area contributed by atoms with Crippen LogP contribution in [0.1, 0.15) is 22.5 Å². The first-order valence-electron chi connectivity index (χ1n) is 5.38. The minimum absolute atomic E-state index is 0.134. The van der Waals surface area contributed by atoms with Gasteiger partial charge in [-0.3, -0.25) is 4.57 Å². The zero-order valence-electron chi connectivity index (χ0n) is 9.88. The molecule has 0 saturated carbocycles. The van der Waals surface area contributed by atoms with Gasteiger partial charge in [0.2, 0.25) is 0 Å². The van der Waals surface area contributed by atoms with Crippen molar-refractivity contribution < 1.29 is 0 Å². The number of benzene rings is 1. The summed E-state index contributed by atoms with van der Waals surface area (Å²) < 4.78 is 1.62. The van der Waals surface area contributed by atoms with Crippen molar-refractivity contribution in [3.63, 3.8) is 0 Å². The highest BCUT2D eigenvalue weighted by Gasteiger charge is 2.13. The van der Waals surface area contributed by atoms with Crippen LogP contribution in [0.5, 0.6) is 0 Å². The molecule has 1 heterocycles. The molecule has 2 rings (SSSR count). The van der Waals surface area contributed by atoms with Crippen LogP contribution in [0.3, 0.4) is 0 Å². The zero-order chi connectivity index (χ0) is 13.1. The van der Waals surface area contributed by atoms with Gasteiger partial charge in [-0.25, -0.2) is 4.98 Å². The third-order valence-electron chi connectivity index (χ3n) is 2.75. The summed E-state index contributed by atoms with van der Waals surface area (Å²) in [5.41, 5.74) is 8.76. The number of aryl methyl sites for hydroxylation is 1. The number of nitrogens with two attached hydrogens (primary N) is 1. The fourth-order valence-electron chi connectivity index (χ4n) is 1.76. The summed E-state index contributed by atoms with van der Waals surface area (Å²) in [5, 5.41) is 18.0. The van der Waals surface area contributed by atoms with Crippen molar-refractivity contribution in [2.75, 3.05) is 0 Å². The van der Waals surface area contributed by atoms with E-state index in [9.17, 15) is 0 Å². The molecule has 2 aromatic rings. The summed E-state index contributed by atoms with van der Waals surface area (Å²) in [5.74, 6) is 0. The second-order valence-electron chi connectivity index (χ2n) is 3.86. The molecule has 5 heteroatoms. The lowest BCUT2D eigenvalue weighted by atomic mass is 10.1. The molecule has 0 spiro atoms. The van der Waals surface area contributed by atoms with E-state index >= 15 is 0 Å². The zero-order valence-corrected chi connectivity index (χ0v) is 9.88. The molecular formula is C13H11N5. The van der Waals surface area contributed by atoms with Crippen molar-refractivity contribution in [3.05, 3.63) is 47.0 Å². The molecule has 1 aromatic carbocycles. The van der Waals surface area contributed by atoms with Gasteiger partial charge in [0.05, 0.1) is 5.69 Å². The predicted octanol–water partition coefficient (Wildman–Crippen LogP) is 1.38. The van der Waals surface area contributed by atoms with E-state index in [1.54, 1.807) is 4.57 Å². The van der Waals surface area contributed by atoms with Gasteiger partial charge in [-0.15, -0.1) is 0 Å². The highest BCUT2D eigenvalue weighted by Crippen LogP contribution is 2.19. The van der Waals surface area contributed by atoms with Gasteiger partial charge in [0.1, 0.15) is 18.5 Å². The smallest absolute Gasteiger partial charge is 0.177 e. The van der Waals surface area contributed by atoms with Crippen molar-refractivity contribution in [2.45, 2.75) is 13.5 Å². The second-order valence-corrected chi connectivity index (χ2v) is 3.86. The first-order chi connectivity index (χ1) is 8.71. The fourth-order valence-corrected chi connectivity index (χ4v) is 1.76. The molecule has 0 saturated heterocycles.